The van der Waals surface area contributed by atoms with Crippen LogP contribution in [0.15, 0.2) is 42.5 Å². The van der Waals surface area contributed by atoms with Crippen molar-refractivity contribution in [1.82, 2.24) is 0 Å². The molecule has 1 unspecified atom stereocenters. The van der Waals surface area contributed by atoms with Crippen LogP contribution in [0.25, 0.3) is 0 Å². The molecule has 2 rings (SSSR count). The maximum absolute atomic E-state index is 9.88. The van der Waals surface area contributed by atoms with Gasteiger partial charge in [0.1, 0.15) is 11.5 Å². The Bertz CT molecular complexity index is 558. The average Bonchev–Trinajstić information content (AvgIpc) is 2.46. The van der Waals surface area contributed by atoms with Gasteiger partial charge in [0.15, 0.2) is 0 Å². The summed E-state index contributed by atoms with van der Waals surface area (Å²) in [7, 11) is 0. The van der Waals surface area contributed by atoms with Crippen molar-refractivity contribution >= 4 is 5.69 Å². The van der Waals surface area contributed by atoms with Gasteiger partial charge in [-0.1, -0.05) is 31.5 Å². The van der Waals surface area contributed by atoms with Crippen LogP contribution < -0.4 is 5.32 Å². The molecule has 0 fully saturated rings. The van der Waals surface area contributed by atoms with Crippen LogP contribution in [-0.4, -0.2) is 10.2 Å². The highest BCUT2D eigenvalue weighted by molar-refractivity contribution is 5.52. The number of phenolic OH excluding ortho intramolecular Hbond substituents is 2. The Morgan fingerprint density at radius 1 is 1.00 bits per heavy atom. The van der Waals surface area contributed by atoms with Crippen molar-refractivity contribution in [2.75, 3.05) is 5.32 Å². The number of benzene rings is 2. The Hall–Kier alpha value is -2.16. The Labute approximate surface area is 126 Å². The second-order valence-electron chi connectivity index (χ2n) is 5.38. The second kappa shape index (κ2) is 7.02. The van der Waals surface area contributed by atoms with Crippen molar-refractivity contribution in [2.24, 2.45) is 0 Å². The van der Waals surface area contributed by atoms with E-state index in [1.54, 1.807) is 18.2 Å². The Kier molecular flexibility index (Phi) is 5.09. The van der Waals surface area contributed by atoms with Crippen molar-refractivity contribution in [3.8, 4) is 11.5 Å². The number of hydrogen-bond acceptors (Lipinski definition) is 3. The van der Waals surface area contributed by atoms with Gasteiger partial charge in [-0.3, -0.25) is 0 Å². The highest BCUT2D eigenvalue weighted by Gasteiger charge is 2.14. The van der Waals surface area contributed by atoms with Crippen LogP contribution in [-0.2, 0) is 6.42 Å². The molecule has 21 heavy (non-hydrogen) atoms. The summed E-state index contributed by atoms with van der Waals surface area (Å²) < 4.78 is 0. The highest BCUT2D eigenvalue weighted by Crippen LogP contribution is 2.34. The van der Waals surface area contributed by atoms with E-state index in [-0.39, 0.29) is 17.5 Å². The maximum Gasteiger partial charge on any atom is 0.124 e. The highest BCUT2D eigenvalue weighted by atomic mass is 16.3. The van der Waals surface area contributed by atoms with Gasteiger partial charge in [-0.15, -0.1) is 0 Å². The number of unbranched alkanes of at least 4 members (excludes halogenated alkanes) is 1. The minimum absolute atomic E-state index is 0.106. The van der Waals surface area contributed by atoms with E-state index in [1.807, 2.05) is 19.1 Å². The molecule has 2 aromatic carbocycles. The van der Waals surface area contributed by atoms with Gasteiger partial charge in [0.05, 0.1) is 11.6 Å². The first-order chi connectivity index (χ1) is 10.1. The summed E-state index contributed by atoms with van der Waals surface area (Å²) in [5, 5.41) is 23.1. The third-order valence-electron chi connectivity index (χ3n) is 3.65. The fraction of sp³-hybridized carbons (Fsp3) is 0.333. The molecule has 0 saturated carbocycles. The lowest BCUT2D eigenvalue weighted by Crippen LogP contribution is -2.07. The fourth-order valence-electron chi connectivity index (χ4n) is 2.46. The van der Waals surface area contributed by atoms with Crippen molar-refractivity contribution in [2.45, 2.75) is 39.2 Å². The van der Waals surface area contributed by atoms with Gasteiger partial charge in [0.2, 0.25) is 0 Å². The van der Waals surface area contributed by atoms with Crippen LogP contribution in [0.5, 0.6) is 11.5 Å². The number of hydrogen-bond donors (Lipinski definition) is 3. The van der Waals surface area contributed by atoms with Crippen molar-refractivity contribution < 1.29 is 10.2 Å². The fourth-order valence-corrected chi connectivity index (χ4v) is 2.46. The molecule has 0 heterocycles. The summed E-state index contributed by atoms with van der Waals surface area (Å²) in [6.45, 7) is 4.11. The minimum atomic E-state index is -0.173. The molecular formula is C18H23NO2. The molecule has 0 aromatic heterocycles. The molecule has 112 valence electrons. The predicted molar refractivity (Wildman–Crippen MR) is 86.9 cm³/mol. The van der Waals surface area contributed by atoms with E-state index in [2.05, 4.69) is 24.4 Å². The Balaban J connectivity index is 2.07. The average molecular weight is 285 g/mol. The number of nitrogens with one attached hydrogen (secondary N) is 1. The number of rotatable bonds is 6. The second-order valence-corrected chi connectivity index (χ2v) is 5.38. The van der Waals surface area contributed by atoms with Gasteiger partial charge in [-0.05, 0) is 49.6 Å². The molecule has 0 saturated heterocycles. The van der Waals surface area contributed by atoms with Crippen molar-refractivity contribution in [1.29, 1.82) is 0 Å². The summed E-state index contributed by atoms with van der Waals surface area (Å²) in [6.07, 6.45) is 3.51. The SMILES string of the molecule is CCCCc1ccc(NC(C)c2c(O)cccc2O)cc1. The normalized spacial score (nSPS) is 12.1. The van der Waals surface area contributed by atoms with E-state index in [9.17, 15) is 10.2 Å². The first-order valence-electron chi connectivity index (χ1n) is 7.48. The molecule has 0 spiro atoms. The summed E-state index contributed by atoms with van der Waals surface area (Å²) >= 11 is 0. The first kappa shape index (κ1) is 15.2. The Morgan fingerprint density at radius 2 is 1.62 bits per heavy atom. The van der Waals surface area contributed by atoms with Crippen molar-refractivity contribution in [3.05, 3.63) is 53.6 Å². The molecule has 3 N–H and O–H groups in total. The number of aromatic hydroxyl groups is 2. The summed E-state index contributed by atoms with van der Waals surface area (Å²) in [5.74, 6) is 0.212. The van der Waals surface area contributed by atoms with Crippen LogP contribution in [0.2, 0.25) is 0 Å². The molecule has 2 aromatic rings. The zero-order chi connectivity index (χ0) is 15.2. The smallest absolute Gasteiger partial charge is 0.124 e. The first-order valence-corrected chi connectivity index (χ1v) is 7.48. The van der Waals surface area contributed by atoms with Gasteiger partial charge in [-0.25, -0.2) is 0 Å². The zero-order valence-electron chi connectivity index (χ0n) is 12.6. The molecule has 0 aliphatic rings. The van der Waals surface area contributed by atoms with E-state index in [0.29, 0.717) is 5.56 Å². The van der Waals surface area contributed by atoms with Crippen LogP contribution >= 0.6 is 0 Å². The third-order valence-corrected chi connectivity index (χ3v) is 3.65. The maximum atomic E-state index is 9.88. The molecule has 0 bridgehead atoms. The third kappa shape index (κ3) is 3.91. The van der Waals surface area contributed by atoms with E-state index < -0.39 is 0 Å². The summed E-state index contributed by atoms with van der Waals surface area (Å²) in [4.78, 5) is 0. The van der Waals surface area contributed by atoms with Crippen LogP contribution in [0, 0.1) is 0 Å². The van der Waals surface area contributed by atoms with E-state index in [4.69, 9.17) is 0 Å². The molecule has 3 heteroatoms. The Morgan fingerprint density at radius 3 is 2.19 bits per heavy atom. The molecule has 0 aliphatic heterocycles. The predicted octanol–water partition coefficient (Wildman–Crippen LogP) is 4.61. The van der Waals surface area contributed by atoms with Gasteiger partial charge in [-0.2, -0.15) is 0 Å². The lowest BCUT2D eigenvalue weighted by Gasteiger charge is -2.18. The number of phenols is 2. The summed E-state index contributed by atoms with van der Waals surface area (Å²) in [5.41, 5.74) is 2.83. The largest absolute Gasteiger partial charge is 0.507 e. The molecule has 0 amide bonds. The van der Waals surface area contributed by atoms with Crippen LogP contribution in [0.1, 0.15) is 43.9 Å². The number of anilines is 1. The van der Waals surface area contributed by atoms with E-state index in [0.717, 1.165) is 12.1 Å². The van der Waals surface area contributed by atoms with Gasteiger partial charge in [0, 0.05) is 5.69 Å². The van der Waals surface area contributed by atoms with Crippen LogP contribution in [0.3, 0.4) is 0 Å². The molecule has 1 atom stereocenters. The van der Waals surface area contributed by atoms with Gasteiger partial charge < -0.3 is 15.5 Å². The topological polar surface area (TPSA) is 52.5 Å². The molecular weight excluding hydrogens is 262 g/mol. The lowest BCUT2D eigenvalue weighted by atomic mass is 10.0. The van der Waals surface area contributed by atoms with Gasteiger partial charge in [0.25, 0.3) is 0 Å². The van der Waals surface area contributed by atoms with Crippen molar-refractivity contribution in [3.63, 3.8) is 0 Å². The van der Waals surface area contributed by atoms with Crippen LogP contribution in [0.4, 0.5) is 5.69 Å². The number of aryl methyl sites for hydroxylation is 1. The van der Waals surface area contributed by atoms with Gasteiger partial charge >= 0.3 is 0 Å². The molecule has 0 radical (unpaired) electrons. The molecule has 3 nitrogen and oxygen atoms in total. The standard InChI is InChI=1S/C18H23NO2/c1-3-4-6-14-9-11-15(12-10-14)19-13(2)18-16(20)7-5-8-17(18)21/h5,7-13,19-21H,3-4,6H2,1-2H3. The zero-order valence-corrected chi connectivity index (χ0v) is 12.6. The minimum Gasteiger partial charge on any atom is -0.507 e. The quantitative estimate of drug-likeness (QED) is 0.726. The van der Waals surface area contributed by atoms with E-state index in [1.165, 1.54) is 18.4 Å². The van der Waals surface area contributed by atoms with E-state index >= 15 is 0 Å². The molecule has 0 aliphatic carbocycles. The lowest BCUT2D eigenvalue weighted by molar-refractivity contribution is 0.434. The summed E-state index contributed by atoms with van der Waals surface area (Å²) in [6, 6.07) is 12.9. The monoisotopic (exact) mass is 285 g/mol.